The Balaban J connectivity index is 1.93. The van der Waals surface area contributed by atoms with Gasteiger partial charge in [-0.25, -0.2) is 8.78 Å². The van der Waals surface area contributed by atoms with Crippen LogP contribution in [0.25, 0.3) is 0 Å². The number of hydrogen-bond donors (Lipinski definition) is 2. The molecule has 3 rings (SSSR count). The first-order valence-corrected chi connectivity index (χ1v) is 6.82. The van der Waals surface area contributed by atoms with Crippen molar-refractivity contribution in [2.75, 3.05) is 18.8 Å². The number of hydrogen-bond acceptors (Lipinski definition) is 3. The van der Waals surface area contributed by atoms with Gasteiger partial charge >= 0.3 is 0 Å². The lowest BCUT2D eigenvalue weighted by Crippen LogP contribution is -2.49. The summed E-state index contributed by atoms with van der Waals surface area (Å²) in [5, 5.41) is 2.71. The average Bonchev–Trinajstić information content (AvgIpc) is 2.84. The van der Waals surface area contributed by atoms with Gasteiger partial charge in [0, 0.05) is 13.1 Å². The molecule has 0 spiro atoms. The third kappa shape index (κ3) is 2.22. The Morgan fingerprint density at radius 1 is 1.38 bits per heavy atom. The summed E-state index contributed by atoms with van der Waals surface area (Å²) in [6, 6.07) is 1.38. The molecule has 3 N–H and O–H groups in total. The molecule has 1 aromatic rings. The Labute approximate surface area is 120 Å². The highest BCUT2D eigenvalue weighted by Crippen LogP contribution is 2.29. The molecule has 21 heavy (non-hydrogen) atoms. The molecule has 112 valence electrons. The number of nitrogens with two attached hydrogens (primary N) is 1. The Hall–Kier alpha value is -2.18. The lowest BCUT2D eigenvalue weighted by molar-refractivity contribution is -0.123. The molecule has 0 saturated carbocycles. The number of nitrogens with one attached hydrogen (secondary N) is 1. The molecule has 2 amide bonds. The van der Waals surface area contributed by atoms with Crippen molar-refractivity contribution < 1.29 is 18.4 Å². The van der Waals surface area contributed by atoms with Crippen LogP contribution in [-0.2, 0) is 4.79 Å². The first-order valence-electron chi connectivity index (χ1n) is 6.82. The van der Waals surface area contributed by atoms with Crippen molar-refractivity contribution in [2.24, 2.45) is 5.92 Å². The summed E-state index contributed by atoms with van der Waals surface area (Å²) in [6.45, 7) is 0.770. The zero-order chi connectivity index (χ0) is 15.1. The molecule has 2 heterocycles. The van der Waals surface area contributed by atoms with Gasteiger partial charge in [-0.3, -0.25) is 9.59 Å². The van der Waals surface area contributed by atoms with E-state index in [1.165, 1.54) is 4.90 Å². The van der Waals surface area contributed by atoms with E-state index in [2.05, 4.69) is 5.32 Å². The van der Waals surface area contributed by atoms with E-state index in [0.29, 0.717) is 25.9 Å². The number of carbonyl (C=O) groups is 2. The van der Waals surface area contributed by atoms with E-state index < -0.39 is 23.2 Å². The van der Waals surface area contributed by atoms with Crippen LogP contribution in [0.1, 0.15) is 23.2 Å². The molecule has 1 aromatic carbocycles. The fraction of sp³-hybridized carbons (Fsp3) is 0.429. The first kappa shape index (κ1) is 13.8. The van der Waals surface area contributed by atoms with Gasteiger partial charge in [0.05, 0.1) is 23.2 Å². The predicted octanol–water partition coefficient (Wildman–Crippen LogP) is 0.898. The second-order valence-electron chi connectivity index (χ2n) is 5.42. The Kier molecular flexibility index (Phi) is 3.27. The van der Waals surface area contributed by atoms with Gasteiger partial charge in [0.1, 0.15) is 5.82 Å². The molecule has 2 aliphatic rings. The van der Waals surface area contributed by atoms with Crippen molar-refractivity contribution in [2.45, 2.75) is 18.9 Å². The molecule has 0 aliphatic carbocycles. The number of piperidine rings is 1. The first-order chi connectivity index (χ1) is 9.99. The van der Waals surface area contributed by atoms with Crippen molar-refractivity contribution in [1.82, 2.24) is 10.2 Å². The second kappa shape index (κ2) is 4.98. The SMILES string of the molecule is Nc1cc(F)cc(C(=O)N2CCCC3C(=O)NCC32)c1F. The lowest BCUT2D eigenvalue weighted by Gasteiger charge is -2.36. The van der Waals surface area contributed by atoms with E-state index in [9.17, 15) is 18.4 Å². The minimum absolute atomic E-state index is 0.0864. The monoisotopic (exact) mass is 295 g/mol. The highest BCUT2D eigenvalue weighted by molar-refractivity contribution is 5.96. The van der Waals surface area contributed by atoms with Crippen LogP contribution in [0.5, 0.6) is 0 Å². The van der Waals surface area contributed by atoms with Crippen molar-refractivity contribution in [3.05, 3.63) is 29.3 Å². The fourth-order valence-corrected chi connectivity index (χ4v) is 3.12. The normalized spacial score (nSPS) is 24.7. The standard InChI is InChI=1S/C14H15F2N3O2/c15-7-4-9(12(16)10(17)5-7)14(21)19-3-1-2-8-11(19)6-18-13(8)20/h4-5,8,11H,1-3,6,17H2,(H,18,20). The smallest absolute Gasteiger partial charge is 0.257 e. The average molecular weight is 295 g/mol. The van der Waals surface area contributed by atoms with Gasteiger partial charge in [-0.2, -0.15) is 0 Å². The zero-order valence-electron chi connectivity index (χ0n) is 11.2. The summed E-state index contributed by atoms with van der Waals surface area (Å²) in [6.07, 6.45) is 1.36. The van der Waals surface area contributed by atoms with Crippen LogP contribution in [-0.4, -0.2) is 35.8 Å². The van der Waals surface area contributed by atoms with Crippen molar-refractivity contribution >= 4 is 17.5 Å². The number of carbonyl (C=O) groups excluding carboxylic acids is 2. The maximum atomic E-state index is 14.0. The van der Waals surface area contributed by atoms with E-state index >= 15 is 0 Å². The second-order valence-corrected chi connectivity index (χ2v) is 5.42. The molecule has 2 saturated heterocycles. The summed E-state index contributed by atoms with van der Waals surface area (Å²) in [7, 11) is 0. The molecule has 0 bridgehead atoms. The number of rotatable bonds is 1. The molecule has 2 aliphatic heterocycles. The van der Waals surface area contributed by atoms with Crippen LogP contribution in [0.4, 0.5) is 14.5 Å². The number of halogens is 2. The van der Waals surface area contributed by atoms with E-state index in [0.717, 1.165) is 12.1 Å². The van der Waals surface area contributed by atoms with Crippen LogP contribution in [0.15, 0.2) is 12.1 Å². The van der Waals surface area contributed by atoms with Crippen molar-refractivity contribution in [3.8, 4) is 0 Å². The van der Waals surface area contributed by atoms with E-state index in [-0.39, 0.29) is 23.4 Å². The van der Waals surface area contributed by atoms with Gasteiger partial charge in [-0.1, -0.05) is 0 Å². The molecule has 2 atom stereocenters. The number of anilines is 1. The molecule has 5 nitrogen and oxygen atoms in total. The molecular weight excluding hydrogens is 280 g/mol. The highest BCUT2D eigenvalue weighted by Gasteiger charge is 2.43. The number of nitrogens with zero attached hydrogens (tertiary/aromatic N) is 1. The Morgan fingerprint density at radius 3 is 2.90 bits per heavy atom. The fourth-order valence-electron chi connectivity index (χ4n) is 3.12. The number of fused-ring (bicyclic) bond motifs is 1. The summed E-state index contributed by atoms with van der Waals surface area (Å²) in [5.41, 5.74) is 4.59. The van der Waals surface area contributed by atoms with Gasteiger partial charge in [0.25, 0.3) is 5.91 Å². The Bertz CT molecular complexity index is 620. The largest absolute Gasteiger partial charge is 0.396 e. The van der Waals surface area contributed by atoms with Crippen LogP contribution >= 0.6 is 0 Å². The maximum absolute atomic E-state index is 14.0. The third-order valence-electron chi connectivity index (χ3n) is 4.16. The summed E-state index contributed by atoms with van der Waals surface area (Å²) < 4.78 is 27.4. The van der Waals surface area contributed by atoms with E-state index in [4.69, 9.17) is 5.73 Å². The molecule has 7 heteroatoms. The predicted molar refractivity (Wildman–Crippen MR) is 71.3 cm³/mol. The third-order valence-corrected chi connectivity index (χ3v) is 4.16. The highest BCUT2D eigenvalue weighted by atomic mass is 19.1. The van der Waals surface area contributed by atoms with Gasteiger partial charge in [-0.15, -0.1) is 0 Å². The van der Waals surface area contributed by atoms with Gasteiger partial charge in [0.2, 0.25) is 5.91 Å². The summed E-state index contributed by atoms with van der Waals surface area (Å²) in [4.78, 5) is 25.6. The minimum atomic E-state index is -0.916. The van der Waals surface area contributed by atoms with Gasteiger partial charge < -0.3 is 16.0 Å². The maximum Gasteiger partial charge on any atom is 0.257 e. The van der Waals surface area contributed by atoms with Crippen molar-refractivity contribution in [3.63, 3.8) is 0 Å². The van der Waals surface area contributed by atoms with E-state index in [1.807, 2.05) is 0 Å². The summed E-state index contributed by atoms with van der Waals surface area (Å²) >= 11 is 0. The van der Waals surface area contributed by atoms with Crippen LogP contribution < -0.4 is 11.1 Å². The molecular formula is C14H15F2N3O2. The number of benzene rings is 1. The minimum Gasteiger partial charge on any atom is -0.396 e. The number of amides is 2. The quantitative estimate of drug-likeness (QED) is 0.756. The topological polar surface area (TPSA) is 75.4 Å². The molecule has 2 unspecified atom stereocenters. The van der Waals surface area contributed by atoms with Gasteiger partial charge in [-0.05, 0) is 25.0 Å². The van der Waals surface area contributed by atoms with Crippen LogP contribution in [0.2, 0.25) is 0 Å². The van der Waals surface area contributed by atoms with Crippen LogP contribution in [0.3, 0.4) is 0 Å². The lowest BCUT2D eigenvalue weighted by atomic mass is 9.91. The van der Waals surface area contributed by atoms with Crippen molar-refractivity contribution in [1.29, 1.82) is 0 Å². The number of nitrogen functional groups attached to an aromatic ring is 1. The Morgan fingerprint density at radius 2 is 2.14 bits per heavy atom. The summed E-state index contributed by atoms with van der Waals surface area (Å²) in [5.74, 6) is -2.65. The van der Waals surface area contributed by atoms with Gasteiger partial charge in [0.15, 0.2) is 5.82 Å². The molecule has 2 fully saturated rings. The zero-order valence-corrected chi connectivity index (χ0v) is 11.2. The molecule has 0 radical (unpaired) electrons. The van der Waals surface area contributed by atoms with Crippen LogP contribution in [0, 0.1) is 17.6 Å². The number of likely N-dealkylation sites (tertiary alicyclic amines) is 1. The molecule has 0 aromatic heterocycles. The van der Waals surface area contributed by atoms with E-state index in [1.54, 1.807) is 0 Å².